The second-order valence-electron chi connectivity index (χ2n) is 7.15. The molecule has 1 amide bonds. The molecule has 3 aromatic rings. The molecule has 1 N–H and O–H groups in total. The van der Waals surface area contributed by atoms with E-state index in [4.69, 9.17) is 9.47 Å². The molecule has 32 heavy (non-hydrogen) atoms. The maximum Gasteiger partial charge on any atom is 0.329 e. The molecule has 0 radical (unpaired) electrons. The Morgan fingerprint density at radius 3 is 1.72 bits per heavy atom. The first-order chi connectivity index (χ1) is 15.6. The topological polar surface area (TPSA) is 81.7 Å². The Bertz CT molecular complexity index is 1040. The smallest absolute Gasteiger partial charge is 0.329 e. The minimum absolute atomic E-state index is 0.304. The van der Waals surface area contributed by atoms with E-state index >= 15 is 0 Å². The summed E-state index contributed by atoms with van der Waals surface area (Å²) in [6, 6.07) is 25.2. The summed E-state index contributed by atoms with van der Waals surface area (Å²) in [5.41, 5.74) is 1.64. The average Bonchev–Trinajstić information content (AvgIpc) is 2.85. The van der Waals surface area contributed by atoms with E-state index in [1.165, 1.54) is 14.2 Å². The number of ketones is 1. The van der Waals surface area contributed by atoms with Gasteiger partial charge in [0.05, 0.1) is 13.0 Å². The molecule has 0 unspecified atom stereocenters. The Morgan fingerprint density at radius 2 is 1.22 bits per heavy atom. The van der Waals surface area contributed by atoms with E-state index in [9.17, 15) is 14.4 Å². The van der Waals surface area contributed by atoms with Crippen LogP contribution in [0.5, 0.6) is 0 Å². The number of rotatable bonds is 9. The highest BCUT2D eigenvalue weighted by Gasteiger charge is 2.38. The van der Waals surface area contributed by atoms with Crippen LogP contribution in [0, 0.1) is 0 Å². The van der Waals surface area contributed by atoms with Gasteiger partial charge in [-0.3, -0.25) is 9.59 Å². The van der Waals surface area contributed by atoms with Crippen molar-refractivity contribution in [2.24, 2.45) is 0 Å². The Hall–Kier alpha value is -3.77. The van der Waals surface area contributed by atoms with Crippen molar-refractivity contribution in [3.05, 3.63) is 108 Å². The highest BCUT2D eigenvalue weighted by Crippen LogP contribution is 2.27. The lowest BCUT2D eigenvalue weighted by Gasteiger charge is -2.27. The molecular weight excluding hydrogens is 406 g/mol. The number of ether oxygens (including phenoxy) is 2. The molecule has 0 fully saturated rings. The first kappa shape index (κ1) is 22.9. The fourth-order valence-corrected chi connectivity index (χ4v) is 3.59. The van der Waals surface area contributed by atoms with Crippen molar-refractivity contribution in [1.82, 2.24) is 5.32 Å². The van der Waals surface area contributed by atoms with Gasteiger partial charge in [0.2, 0.25) is 0 Å². The normalized spacial score (nSPS) is 13.4. The Morgan fingerprint density at radius 1 is 0.719 bits per heavy atom. The molecule has 0 aliphatic heterocycles. The zero-order chi connectivity index (χ0) is 22.9. The summed E-state index contributed by atoms with van der Waals surface area (Å²) in [5.74, 6) is -2.56. The molecule has 3 aromatic carbocycles. The second kappa shape index (κ2) is 11.0. The van der Waals surface area contributed by atoms with Gasteiger partial charge in [-0.1, -0.05) is 91.0 Å². The third-order valence-electron chi connectivity index (χ3n) is 5.16. The molecule has 0 spiro atoms. The summed E-state index contributed by atoms with van der Waals surface area (Å²) in [4.78, 5) is 39.5. The van der Waals surface area contributed by atoms with E-state index in [-0.39, 0.29) is 5.78 Å². The van der Waals surface area contributed by atoms with E-state index in [2.05, 4.69) is 5.32 Å². The number of hydrogen-bond acceptors (Lipinski definition) is 5. The number of Topliss-reactive ketones (excluding diaryl/α,β-unsaturated/α-hetero) is 1. The van der Waals surface area contributed by atoms with E-state index < -0.39 is 29.9 Å². The molecule has 0 saturated carbocycles. The highest BCUT2D eigenvalue weighted by molar-refractivity contribution is 6.05. The summed E-state index contributed by atoms with van der Waals surface area (Å²) < 4.78 is 10.4. The number of benzene rings is 3. The third kappa shape index (κ3) is 5.28. The minimum atomic E-state index is -1.25. The Balaban J connectivity index is 2.00. The maximum absolute atomic E-state index is 13.5. The van der Waals surface area contributed by atoms with Crippen molar-refractivity contribution < 1.29 is 23.9 Å². The summed E-state index contributed by atoms with van der Waals surface area (Å²) in [6.45, 7) is 0. The first-order valence-corrected chi connectivity index (χ1v) is 10.2. The van der Waals surface area contributed by atoms with Gasteiger partial charge < -0.3 is 14.8 Å². The number of methoxy groups -OCH3 is 2. The largest absolute Gasteiger partial charge is 0.467 e. The number of carbonyl (C=O) groups excluding carboxylic acids is 3. The summed E-state index contributed by atoms with van der Waals surface area (Å²) in [5, 5.41) is 2.71. The van der Waals surface area contributed by atoms with Crippen molar-refractivity contribution in [3.8, 4) is 0 Å². The van der Waals surface area contributed by atoms with Gasteiger partial charge in [-0.2, -0.15) is 0 Å². The van der Waals surface area contributed by atoms with Crippen molar-refractivity contribution in [1.29, 1.82) is 0 Å². The molecule has 0 aliphatic rings. The molecule has 3 rings (SSSR count). The van der Waals surface area contributed by atoms with E-state index in [0.717, 1.165) is 0 Å². The second-order valence-corrected chi connectivity index (χ2v) is 7.15. The number of esters is 1. The van der Waals surface area contributed by atoms with Gasteiger partial charge >= 0.3 is 5.97 Å². The van der Waals surface area contributed by atoms with Gasteiger partial charge in [-0.15, -0.1) is 0 Å². The standard InChI is InChI=1S/C26H25NO5/c1-31-24(20-16-10-5-11-17-20)25(29)27-22(26(30)32-2)21(18-12-6-3-7-13-18)23(28)19-14-8-4-9-15-19/h3-17,21-22,24H,1-2H3,(H,27,29)/t21-,22-,24-/m1/s1. The quantitative estimate of drug-likeness (QED) is 0.413. The van der Waals surface area contributed by atoms with E-state index in [1.807, 2.05) is 12.1 Å². The van der Waals surface area contributed by atoms with Crippen LogP contribution >= 0.6 is 0 Å². The molecule has 164 valence electrons. The van der Waals surface area contributed by atoms with Gasteiger partial charge in [0.1, 0.15) is 6.04 Å². The molecule has 0 aliphatic carbocycles. The number of nitrogens with one attached hydrogen (secondary N) is 1. The summed E-state index contributed by atoms with van der Waals surface area (Å²) in [6.07, 6.45) is -0.952. The van der Waals surface area contributed by atoms with Crippen LogP contribution in [0.3, 0.4) is 0 Å². The van der Waals surface area contributed by atoms with Gasteiger partial charge in [-0.25, -0.2) is 4.79 Å². The number of amides is 1. The summed E-state index contributed by atoms with van der Waals surface area (Å²) >= 11 is 0. The SMILES string of the molecule is COC(=O)[C@H](NC(=O)[C@H](OC)c1ccccc1)[C@H](C(=O)c1ccccc1)c1ccccc1. The van der Waals surface area contributed by atoms with Crippen LogP contribution < -0.4 is 5.32 Å². The predicted octanol–water partition coefficient (Wildman–Crippen LogP) is 3.70. The average molecular weight is 431 g/mol. The van der Waals surface area contributed by atoms with Crippen LogP contribution in [-0.2, 0) is 19.1 Å². The van der Waals surface area contributed by atoms with Crippen molar-refractivity contribution >= 4 is 17.7 Å². The molecule has 0 bridgehead atoms. The predicted molar refractivity (Wildman–Crippen MR) is 120 cm³/mol. The minimum Gasteiger partial charge on any atom is -0.467 e. The van der Waals surface area contributed by atoms with Crippen LogP contribution in [0.2, 0.25) is 0 Å². The fourth-order valence-electron chi connectivity index (χ4n) is 3.59. The Kier molecular flexibility index (Phi) is 7.89. The summed E-state index contributed by atoms with van der Waals surface area (Å²) in [7, 11) is 2.63. The van der Waals surface area contributed by atoms with E-state index in [1.54, 1.807) is 78.9 Å². The molecule has 3 atom stereocenters. The van der Waals surface area contributed by atoms with Crippen molar-refractivity contribution in [2.75, 3.05) is 14.2 Å². The third-order valence-corrected chi connectivity index (χ3v) is 5.16. The van der Waals surface area contributed by atoms with Crippen LogP contribution in [0.25, 0.3) is 0 Å². The van der Waals surface area contributed by atoms with Crippen LogP contribution in [0.15, 0.2) is 91.0 Å². The lowest BCUT2D eigenvalue weighted by Crippen LogP contribution is -2.49. The molecular formula is C26H25NO5. The fraction of sp³-hybridized carbons (Fsp3) is 0.192. The van der Waals surface area contributed by atoms with Crippen LogP contribution in [0.4, 0.5) is 0 Å². The van der Waals surface area contributed by atoms with Gasteiger partial charge in [0.25, 0.3) is 5.91 Å². The number of hydrogen-bond donors (Lipinski definition) is 1. The maximum atomic E-state index is 13.5. The van der Waals surface area contributed by atoms with Gasteiger partial charge in [0.15, 0.2) is 11.9 Å². The van der Waals surface area contributed by atoms with E-state index in [0.29, 0.717) is 16.7 Å². The van der Waals surface area contributed by atoms with Crippen LogP contribution in [-0.4, -0.2) is 37.9 Å². The molecule has 0 aromatic heterocycles. The van der Waals surface area contributed by atoms with Gasteiger partial charge in [-0.05, 0) is 11.1 Å². The van der Waals surface area contributed by atoms with Gasteiger partial charge in [0, 0.05) is 12.7 Å². The zero-order valence-electron chi connectivity index (χ0n) is 17.9. The highest BCUT2D eigenvalue weighted by atomic mass is 16.5. The Labute approximate surface area is 187 Å². The monoisotopic (exact) mass is 431 g/mol. The molecule has 6 nitrogen and oxygen atoms in total. The van der Waals surface area contributed by atoms with Crippen molar-refractivity contribution in [3.63, 3.8) is 0 Å². The molecule has 0 heterocycles. The zero-order valence-corrected chi connectivity index (χ0v) is 17.9. The van der Waals surface area contributed by atoms with Crippen LogP contribution in [0.1, 0.15) is 33.5 Å². The molecule has 6 heteroatoms. The lowest BCUT2D eigenvalue weighted by molar-refractivity contribution is -0.147. The first-order valence-electron chi connectivity index (χ1n) is 10.2. The lowest BCUT2D eigenvalue weighted by atomic mass is 9.84. The van der Waals surface area contributed by atoms with Crippen molar-refractivity contribution in [2.45, 2.75) is 18.1 Å². The molecule has 0 saturated heterocycles. The number of carbonyl (C=O) groups is 3.